The van der Waals surface area contributed by atoms with E-state index in [4.69, 9.17) is 15.2 Å². The van der Waals surface area contributed by atoms with Gasteiger partial charge >= 0.3 is 6.01 Å². The lowest BCUT2D eigenvalue weighted by molar-refractivity contribution is 0.0299. The molecule has 106 valence electrons. The molecule has 1 aromatic rings. The fourth-order valence-corrected chi connectivity index (χ4v) is 1.98. The Kier molecular flexibility index (Phi) is 4.36. The summed E-state index contributed by atoms with van der Waals surface area (Å²) in [6.45, 7) is 7.00. The standard InChI is InChI=1S/C12H21N5O2/c1-3-19-11-16-9(13)15-10(17-11)14-8-12(2)4-6-18-7-5-12/h3-8H2,1-2H3,(H3,13,14,15,16,17). The molecule has 0 bridgehead atoms. The molecule has 2 heterocycles. The lowest BCUT2D eigenvalue weighted by atomic mass is 9.82. The molecule has 3 N–H and O–H groups in total. The average molecular weight is 267 g/mol. The van der Waals surface area contributed by atoms with Gasteiger partial charge in [-0.15, -0.1) is 0 Å². The Bertz CT molecular complexity index is 421. The summed E-state index contributed by atoms with van der Waals surface area (Å²) >= 11 is 0. The molecule has 0 aromatic carbocycles. The van der Waals surface area contributed by atoms with Crippen LogP contribution in [0.3, 0.4) is 0 Å². The van der Waals surface area contributed by atoms with Gasteiger partial charge in [0.25, 0.3) is 0 Å². The van der Waals surface area contributed by atoms with E-state index in [1.165, 1.54) is 0 Å². The van der Waals surface area contributed by atoms with Gasteiger partial charge in [0.2, 0.25) is 11.9 Å². The third-order valence-electron chi connectivity index (χ3n) is 3.28. The first-order chi connectivity index (χ1) is 9.11. The second kappa shape index (κ2) is 6.01. The highest BCUT2D eigenvalue weighted by atomic mass is 16.5. The normalized spacial score (nSPS) is 18.0. The number of rotatable bonds is 5. The van der Waals surface area contributed by atoms with E-state index in [-0.39, 0.29) is 17.4 Å². The number of nitrogens with one attached hydrogen (secondary N) is 1. The molecule has 0 saturated carbocycles. The summed E-state index contributed by atoms with van der Waals surface area (Å²) in [4.78, 5) is 12.1. The van der Waals surface area contributed by atoms with Crippen LogP contribution >= 0.6 is 0 Å². The van der Waals surface area contributed by atoms with E-state index < -0.39 is 0 Å². The van der Waals surface area contributed by atoms with Crippen molar-refractivity contribution in [2.45, 2.75) is 26.7 Å². The van der Waals surface area contributed by atoms with Crippen molar-refractivity contribution < 1.29 is 9.47 Å². The van der Waals surface area contributed by atoms with Crippen LogP contribution < -0.4 is 15.8 Å². The smallest absolute Gasteiger partial charge is 0.323 e. The van der Waals surface area contributed by atoms with Crippen LogP contribution in [0.25, 0.3) is 0 Å². The van der Waals surface area contributed by atoms with Crippen molar-refractivity contribution in [3.8, 4) is 6.01 Å². The van der Waals surface area contributed by atoms with Crippen LogP contribution in [-0.4, -0.2) is 41.3 Å². The summed E-state index contributed by atoms with van der Waals surface area (Å²) in [6.07, 6.45) is 2.05. The summed E-state index contributed by atoms with van der Waals surface area (Å²) in [5, 5.41) is 3.22. The van der Waals surface area contributed by atoms with Crippen LogP contribution in [0.1, 0.15) is 26.7 Å². The van der Waals surface area contributed by atoms with Crippen molar-refractivity contribution in [3.63, 3.8) is 0 Å². The number of ether oxygens (including phenoxy) is 2. The van der Waals surface area contributed by atoms with E-state index in [0.29, 0.717) is 12.6 Å². The highest BCUT2D eigenvalue weighted by Gasteiger charge is 2.27. The van der Waals surface area contributed by atoms with Crippen molar-refractivity contribution in [2.24, 2.45) is 5.41 Å². The molecule has 0 radical (unpaired) electrons. The second-order valence-corrected chi connectivity index (χ2v) is 5.01. The SMILES string of the molecule is CCOc1nc(N)nc(NCC2(C)CCOCC2)n1. The summed E-state index contributed by atoms with van der Waals surface area (Å²) in [5.41, 5.74) is 5.83. The zero-order chi connectivity index (χ0) is 13.7. The molecule has 7 heteroatoms. The minimum atomic E-state index is 0.165. The highest BCUT2D eigenvalue weighted by Crippen LogP contribution is 2.29. The molecular formula is C12H21N5O2. The quantitative estimate of drug-likeness (QED) is 0.824. The summed E-state index contributed by atoms with van der Waals surface area (Å²) < 4.78 is 10.6. The summed E-state index contributed by atoms with van der Waals surface area (Å²) in [5.74, 6) is 0.627. The number of aromatic nitrogens is 3. The molecule has 0 amide bonds. The Morgan fingerprint density at radius 2 is 2.05 bits per heavy atom. The van der Waals surface area contributed by atoms with E-state index in [1.54, 1.807) is 0 Å². The van der Waals surface area contributed by atoms with Gasteiger partial charge in [0.05, 0.1) is 6.61 Å². The van der Waals surface area contributed by atoms with Gasteiger partial charge in [0.15, 0.2) is 0 Å². The molecule has 0 atom stereocenters. The minimum absolute atomic E-state index is 0.165. The minimum Gasteiger partial charge on any atom is -0.464 e. The molecule has 1 aliphatic rings. The third-order valence-corrected chi connectivity index (χ3v) is 3.28. The van der Waals surface area contributed by atoms with Gasteiger partial charge in [-0.25, -0.2) is 0 Å². The van der Waals surface area contributed by atoms with Gasteiger partial charge in [0, 0.05) is 19.8 Å². The lowest BCUT2D eigenvalue weighted by Gasteiger charge is -2.33. The predicted octanol–water partition coefficient (Wildman–Crippen LogP) is 1.08. The molecule has 2 rings (SSSR count). The molecule has 1 aliphatic heterocycles. The molecule has 1 fully saturated rings. The van der Waals surface area contributed by atoms with Crippen molar-refractivity contribution in [3.05, 3.63) is 0 Å². The van der Waals surface area contributed by atoms with Crippen molar-refractivity contribution in [2.75, 3.05) is 37.4 Å². The lowest BCUT2D eigenvalue weighted by Crippen LogP contribution is -2.33. The van der Waals surface area contributed by atoms with Crippen molar-refractivity contribution >= 4 is 11.9 Å². The monoisotopic (exact) mass is 267 g/mol. The highest BCUT2D eigenvalue weighted by molar-refractivity contribution is 5.32. The first kappa shape index (κ1) is 13.8. The molecule has 7 nitrogen and oxygen atoms in total. The third kappa shape index (κ3) is 3.92. The maximum absolute atomic E-state index is 5.63. The fraction of sp³-hybridized carbons (Fsp3) is 0.750. The Labute approximate surface area is 112 Å². The Hall–Kier alpha value is -1.63. The zero-order valence-corrected chi connectivity index (χ0v) is 11.5. The Morgan fingerprint density at radius 3 is 2.74 bits per heavy atom. The number of hydrogen-bond donors (Lipinski definition) is 2. The number of hydrogen-bond acceptors (Lipinski definition) is 7. The average Bonchev–Trinajstić information content (AvgIpc) is 2.37. The van der Waals surface area contributed by atoms with E-state index in [1.807, 2.05) is 6.92 Å². The van der Waals surface area contributed by atoms with E-state index in [9.17, 15) is 0 Å². The fourth-order valence-electron chi connectivity index (χ4n) is 1.98. The van der Waals surface area contributed by atoms with Gasteiger partial charge < -0.3 is 20.5 Å². The van der Waals surface area contributed by atoms with Crippen LogP contribution in [0, 0.1) is 5.41 Å². The first-order valence-corrected chi connectivity index (χ1v) is 6.57. The van der Waals surface area contributed by atoms with Crippen molar-refractivity contribution in [1.82, 2.24) is 15.0 Å². The van der Waals surface area contributed by atoms with E-state index >= 15 is 0 Å². The predicted molar refractivity (Wildman–Crippen MR) is 72.1 cm³/mol. The topological polar surface area (TPSA) is 95.2 Å². The maximum atomic E-state index is 5.63. The van der Waals surface area contributed by atoms with Crippen molar-refractivity contribution in [1.29, 1.82) is 0 Å². The molecule has 1 aromatic heterocycles. The van der Waals surface area contributed by atoms with Gasteiger partial charge in [-0.2, -0.15) is 15.0 Å². The first-order valence-electron chi connectivity index (χ1n) is 6.57. The van der Waals surface area contributed by atoms with Crippen LogP contribution in [0.5, 0.6) is 6.01 Å². The van der Waals surface area contributed by atoms with Crippen LogP contribution in [0.2, 0.25) is 0 Å². The van der Waals surface area contributed by atoms with Gasteiger partial charge in [-0.1, -0.05) is 6.92 Å². The van der Waals surface area contributed by atoms with Gasteiger partial charge in [0.1, 0.15) is 0 Å². The molecular weight excluding hydrogens is 246 g/mol. The molecule has 0 aliphatic carbocycles. The Morgan fingerprint density at radius 1 is 1.32 bits per heavy atom. The molecule has 1 saturated heterocycles. The van der Waals surface area contributed by atoms with Gasteiger partial charge in [-0.05, 0) is 25.2 Å². The molecule has 0 spiro atoms. The number of anilines is 2. The Balaban J connectivity index is 1.98. The second-order valence-electron chi connectivity index (χ2n) is 5.01. The largest absolute Gasteiger partial charge is 0.464 e. The maximum Gasteiger partial charge on any atom is 0.323 e. The summed E-state index contributed by atoms with van der Waals surface area (Å²) in [7, 11) is 0. The van der Waals surface area contributed by atoms with Crippen LogP contribution in [0.15, 0.2) is 0 Å². The van der Waals surface area contributed by atoms with E-state index in [0.717, 1.165) is 32.6 Å². The van der Waals surface area contributed by atoms with Crippen LogP contribution in [-0.2, 0) is 4.74 Å². The zero-order valence-electron chi connectivity index (χ0n) is 11.5. The summed E-state index contributed by atoms with van der Waals surface area (Å²) in [6, 6.07) is 0.259. The number of nitrogen functional groups attached to an aromatic ring is 1. The molecule has 19 heavy (non-hydrogen) atoms. The van der Waals surface area contributed by atoms with Gasteiger partial charge in [-0.3, -0.25) is 0 Å². The number of nitrogens with zero attached hydrogens (tertiary/aromatic N) is 3. The van der Waals surface area contributed by atoms with E-state index in [2.05, 4.69) is 27.2 Å². The van der Waals surface area contributed by atoms with Crippen LogP contribution in [0.4, 0.5) is 11.9 Å². The number of nitrogens with two attached hydrogens (primary N) is 1. The molecule has 0 unspecified atom stereocenters.